The number of aromatic nitrogens is 2. The molecular formula is C31H24N4Na2O8S2. The number of nitrogens with zero attached hydrogens (tertiary/aromatic N) is 4. The molecule has 0 fully saturated rings. The maximum Gasteiger partial charge on any atom is 1.00 e. The predicted octanol–water partition coefficient (Wildman–Crippen LogP) is -2.14. The molecule has 0 radical (unpaired) electrons. The number of hydrazone groups is 1. The van der Waals surface area contributed by atoms with Crippen molar-refractivity contribution in [2.75, 3.05) is 5.01 Å². The maximum atomic E-state index is 13.3. The second kappa shape index (κ2) is 15.4. The van der Waals surface area contributed by atoms with Gasteiger partial charge in [0.15, 0.2) is 0 Å². The summed E-state index contributed by atoms with van der Waals surface area (Å²) in [6.45, 7) is 3.30. The van der Waals surface area contributed by atoms with Crippen molar-refractivity contribution in [3.63, 3.8) is 0 Å². The first-order chi connectivity index (χ1) is 21.2. The molecule has 0 aliphatic carbocycles. The van der Waals surface area contributed by atoms with Crippen LogP contribution in [0.5, 0.6) is 5.88 Å². The molecule has 16 heteroatoms. The zero-order valence-electron chi connectivity index (χ0n) is 25.7. The van der Waals surface area contributed by atoms with Gasteiger partial charge in [0.2, 0.25) is 0 Å². The molecular weight excluding hydrogens is 666 g/mol. The van der Waals surface area contributed by atoms with Crippen LogP contribution in [0.3, 0.4) is 0 Å². The summed E-state index contributed by atoms with van der Waals surface area (Å²) < 4.78 is 66.8. The van der Waals surface area contributed by atoms with Crippen molar-refractivity contribution >= 4 is 49.2 Å². The Hall–Kier alpha value is -3.15. The van der Waals surface area contributed by atoms with Gasteiger partial charge in [-0.05, 0) is 85.5 Å². The molecule has 0 bridgehead atoms. The van der Waals surface area contributed by atoms with Crippen LogP contribution in [0.2, 0.25) is 0 Å². The first kappa shape index (κ1) is 38.3. The SMILES string of the molecule is CC1=NN(c2ccc(S(=O)(=O)[O-])cc2)C(=O)C1=CC=C(C=Cc1c(C)nn(-c2ccc(S(=O)(=O)O)cc2)c1[O-])c1ccccc1.[Na+].[Na+]. The largest absolute Gasteiger partial charge is 1.00 e. The Morgan fingerprint density at radius 2 is 1.43 bits per heavy atom. The smallest absolute Gasteiger partial charge is 0.858 e. The molecule has 1 N–H and O–H groups in total. The molecule has 1 aliphatic rings. The predicted molar refractivity (Wildman–Crippen MR) is 164 cm³/mol. The number of anilines is 1. The van der Waals surface area contributed by atoms with E-state index in [0.29, 0.717) is 22.7 Å². The van der Waals surface area contributed by atoms with Crippen LogP contribution < -0.4 is 69.2 Å². The minimum atomic E-state index is -4.64. The van der Waals surface area contributed by atoms with Crippen molar-refractivity contribution in [1.82, 2.24) is 9.78 Å². The van der Waals surface area contributed by atoms with Crippen molar-refractivity contribution in [2.45, 2.75) is 23.6 Å². The van der Waals surface area contributed by atoms with E-state index < -0.39 is 36.9 Å². The zero-order valence-corrected chi connectivity index (χ0v) is 31.4. The molecule has 1 aliphatic heterocycles. The van der Waals surface area contributed by atoms with Gasteiger partial charge in [-0.3, -0.25) is 9.35 Å². The number of rotatable bonds is 8. The number of hydrogen-bond acceptors (Lipinski definition) is 9. The van der Waals surface area contributed by atoms with E-state index in [-0.39, 0.29) is 80.8 Å². The van der Waals surface area contributed by atoms with Crippen LogP contribution in [-0.4, -0.2) is 47.3 Å². The topological polar surface area (TPSA) is 185 Å². The zero-order chi connectivity index (χ0) is 32.5. The summed E-state index contributed by atoms with van der Waals surface area (Å²) in [4.78, 5) is 12.5. The van der Waals surface area contributed by atoms with Gasteiger partial charge in [0.1, 0.15) is 10.1 Å². The fourth-order valence-electron chi connectivity index (χ4n) is 4.51. The number of amides is 1. The molecule has 0 saturated carbocycles. The van der Waals surface area contributed by atoms with Gasteiger partial charge in [0.05, 0.1) is 38.1 Å². The number of carbonyl (C=O) groups is 1. The summed E-state index contributed by atoms with van der Waals surface area (Å²) in [6, 6.07) is 19.2. The van der Waals surface area contributed by atoms with Crippen molar-refractivity contribution < 1.29 is 95.0 Å². The first-order valence-electron chi connectivity index (χ1n) is 13.2. The van der Waals surface area contributed by atoms with E-state index in [1.807, 2.05) is 30.3 Å². The van der Waals surface area contributed by atoms with Gasteiger partial charge in [0.25, 0.3) is 16.0 Å². The van der Waals surface area contributed by atoms with Gasteiger partial charge in [0, 0.05) is 5.56 Å². The van der Waals surface area contributed by atoms with Crippen LogP contribution in [0, 0.1) is 6.92 Å². The Kier molecular flexibility index (Phi) is 12.5. The molecule has 0 unspecified atom stereocenters. The second-order valence-electron chi connectivity index (χ2n) is 9.84. The molecule has 0 atom stereocenters. The molecule has 5 rings (SSSR count). The van der Waals surface area contributed by atoms with Gasteiger partial charge in [-0.25, -0.2) is 13.1 Å². The van der Waals surface area contributed by atoms with Gasteiger partial charge in [-0.2, -0.15) is 23.6 Å². The average molecular weight is 691 g/mol. The Morgan fingerprint density at radius 3 is 2.00 bits per heavy atom. The van der Waals surface area contributed by atoms with Gasteiger partial charge >= 0.3 is 59.1 Å². The van der Waals surface area contributed by atoms with E-state index in [4.69, 9.17) is 0 Å². The minimum Gasteiger partial charge on any atom is -0.858 e. The summed E-state index contributed by atoms with van der Waals surface area (Å²) >= 11 is 0. The number of benzene rings is 3. The monoisotopic (exact) mass is 690 g/mol. The van der Waals surface area contributed by atoms with E-state index in [2.05, 4.69) is 10.2 Å². The molecule has 3 aromatic carbocycles. The van der Waals surface area contributed by atoms with Crippen molar-refractivity contribution in [1.29, 1.82) is 0 Å². The fraction of sp³-hybridized carbons (Fsp3) is 0.0645. The van der Waals surface area contributed by atoms with Crippen LogP contribution in [0.4, 0.5) is 5.69 Å². The first-order valence-corrected chi connectivity index (χ1v) is 16.0. The van der Waals surface area contributed by atoms with E-state index in [1.54, 1.807) is 38.2 Å². The van der Waals surface area contributed by atoms with E-state index in [0.717, 1.165) is 27.4 Å². The Morgan fingerprint density at radius 1 is 0.851 bits per heavy atom. The Balaban J connectivity index is 0.00000300. The average Bonchev–Trinajstić information content (AvgIpc) is 3.45. The quantitative estimate of drug-likeness (QED) is 0.0933. The van der Waals surface area contributed by atoms with Crippen LogP contribution in [-0.2, 0) is 25.0 Å². The van der Waals surface area contributed by atoms with Crippen LogP contribution >= 0.6 is 0 Å². The minimum absolute atomic E-state index is 0. The van der Waals surface area contributed by atoms with Crippen molar-refractivity contribution in [2.24, 2.45) is 5.10 Å². The van der Waals surface area contributed by atoms with E-state index in [9.17, 15) is 35.8 Å². The number of carbonyl (C=O) groups excluding carboxylic acids is 1. The van der Waals surface area contributed by atoms with Gasteiger partial charge < -0.3 is 9.66 Å². The summed E-state index contributed by atoms with van der Waals surface area (Å²) in [5.41, 5.74) is 3.42. The normalized spacial score (nSPS) is 14.7. The number of allylic oxidation sites excluding steroid dienone is 4. The third-order valence-electron chi connectivity index (χ3n) is 6.84. The van der Waals surface area contributed by atoms with Gasteiger partial charge in [-0.15, -0.1) is 0 Å². The van der Waals surface area contributed by atoms with Crippen molar-refractivity contribution in [3.8, 4) is 11.6 Å². The second-order valence-corrected chi connectivity index (χ2v) is 12.6. The molecule has 47 heavy (non-hydrogen) atoms. The van der Waals surface area contributed by atoms with Crippen LogP contribution in [0.15, 0.2) is 118 Å². The summed E-state index contributed by atoms with van der Waals surface area (Å²) in [7, 11) is -9.03. The summed E-state index contributed by atoms with van der Waals surface area (Å²) in [5.74, 6) is -0.911. The Labute approximate surface area is 315 Å². The van der Waals surface area contributed by atoms with Crippen LogP contribution in [0.25, 0.3) is 17.3 Å². The Bertz CT molecular complexity index is 2140. The number of aryl methyl sites for hydroxylation is 1. The molecule has 230 valence electrons. The molecule has 2 heterocycles. The third-order valence-corrected chi connectivity index (χ3v) is 8.56. The molecule has 0 spiro atoms. The maximum absolute atomic E-state index is 13.3. The van der Waals surface area contributed by atoms with E-state index >= 15 is 0 Å². The standard InChI is InChI=1S/C31H26N4O8S2.2Na/c1-20-28(30(36)34(32-20)24-10-14-26(15-11-24)44(38,39)40)18-8-23(22-6-4-3-5-7-22)9-19-29-21(2)33-35(31(29)37)25-12-16-27(17-13-25)45(41,42)43;;/h3-19,36H,1-2H3,(H,38,39,40)(H,41,42,43);;/q;2*+1/p-2. The molecule has 0 saturated heterocycles. The molecule has 1 aromatic heterocycles. The summed E-state index contributed by atoms with van der Waals surface area (Å²) in [5, 5.41) is 23.0. The molecule has 12 nitrogen and oxygen atoms in total. The van der Waals surface area contributed by atoms with E-state index in [1.165, 1.54) is 36.4 Å². The summed E-state index contributed by atoms with van der Waals surface area (Å²) in [6.07, 6.45) is 6.60. The third kappa shape index (κ3) is 8.66. The van der Waals surface area contributed by atoms with Crippen LogP contribution in [0.1, 0.15) is 23.7 Å². The van der Waals surface area contributed by atoms with Crippen molar-refractivity contribution in [3.05, 3.63) is 119 Å². The van der Waals surface area contributed by atoms with Gasteiger partial charge in [-0.1, -0.05) is 48.6 Å². The number of hydrogen-bond donors (Lipinski definition) is 1. The molecule has 4 aromatic rings. The molecule has 1 amide bonds. The fourth-order valence-corrected chi connectivity index (χ4v) is 5.46.